The molecule has 0 radical (unpaired) electrons. The Morgan fingerprint density at radius 1 is 1.46 bits per heavy atom. The molecule has 0 aliphatic rings. The average molecular weight is 180 g/mol. The number of rotatable bonds is 2. The number of oxime groups is 1. The monoisotopic (exact) mass is 180 g/mol. The minimum absolute atomic E-state index is 0.115. The molecular weight excluding hydrogens is 172 g/mol. The number of hydrogen-bond donors (Lipinski definition) is 3. The molecule has 5 N–H and O–H groups in total. The summed E-state index contributed by atoms with van der Waals surface area (Å²) < 4.78 is 0. The molecule has 0 atom stereocenters. The summed E-state index contributed by atoms with van der Waals surface area (Å²) in [5.41, 5.74) is 10.8. The molecule has 68 valence electrons. The van der Waals surface area contributed by atoms with E-state index in [2.05, 4.69) is 10.1 Å². The Morgan fingerprint density at radius 3 is 2.54 bits per heavy atom. The third-order valence-electron chi connectivity index (χ3n) is 1.42. The molecule has 6 heteroatoms. The van der Waals surface area contributed by atoms with Gasteiger partial charge in [-0.25, -0.2) is 0 Å². The van der Waals surface area contributed by atoms with Crippen LogP contribution in [0.4, 0.5) is 0 Å². The molecule has 6 nitrogen and oxygen atoms in total. The lowest BCUT2D eigenvalue weighted by Crippen LogP contribution is -2.16. The molecule has 1 aromatic rings. The lowest BCUT2D eigenvalue weighted by molar-refractivity contribution is 0.1000. The van der Waals surface area contributed by atoms with E-state index in [1.54, 1.807) is 0 Å². The molecule has 0 saturated carbocycles. The number of pyridine rings is 1. The van der Waals surface area contributed by atoms with Crippen LogP contribution in [0.2, 0.25) is 0 Å². The van der Waals surface area contributed by atoms with Crippen molar-refractivity contribution in [3.63, 3.8) is 0 Å². The molecule has 0 aliphatic carbocycles. The van der Waals surface area contributed by atoms with Crippen molar-refractivity contribution in [2.24, 2.45) is 16.6 Å². The van der Waals surface area contributed by atoms with Crippen molar-refractivity contribution in [2.75, 3.05) is 0 Å². The lowest BCUT2D eigenvalue weighted by Gasteiger charge is -1.97. The van der Waals surface area contributed by atoms with Crippen molar-refractivity contribution < 1.29 is 10.0 Å². The molecule has 1 rings (SSSR count). The topological polar surface area (TPSA) is 115 Å². The van der Waals surface area contributed by atoms with E-state index in [0.717, 1.165) is 0 Å². The number of carbonyl (C=O) groups excluding carboxylic acids is 1. The molecule has 0 saturated heterocycles. The fourth-order valence-electron chi connectivity index (χ4n) is 0.742. The highest BCUT2D eigenvalue weighted by molar-refractivity contribution is 5.97. The van der Waals surface area contributed by atoms with Gasteiger partial charge in [0.25, 0.3) is 0 Å². The number of primary amides is 1. The molecule has 1 heterocycles. The SMILES string of the molecule is NC(=O)c1ccc(C(N)=NO)nc1. The first-order valence-corrected chi connectivity index (χ1v) is 3.39. The van der Waals surface area contributed by atoms with E-state index < -0.39 is 5.91 Å². The Hall–Kier alpha value is -2.11. The summed E-state index contributed by atoms with van der Waals surface area (Å²) in [5, 5.41) is 11.0. The van der Waals surface area contributed by atoms with Gasteiger partial charge in [0.05, 0.1) is 5.56 Å². The Morgan fingerprint density at radius 2 is 2.15 bits per heavy atom. The Balaban J connectivity index is 3.00. The smallest absolute Gasteiger partial charge is 0.250 e. The van der Waals surface area contributed by atoms with Crippen LogP contribution in [0.1, 0.15) is 16.1 Å². The van der Waals surface area contributed by atoms with Crippen molar-refractivity contribution in [3.8, 4) is 0 Å². The molecule has 1 aromatic heterocycles. The van der Waals surface area contributed by atoms with E-state index in [9.17, 15) is 4.79 Å². The van der Waals surface area contributed by atoms with Crippen LogP contribution in [0, 0.1) is 0 Å². The quantitative estimate of drug-likeness (QED) is 0.241. The van der Waals surface area contributed by atoms with E-state index in [0.29, 0.717) is 0 Å². The molecule has 0 spiro atoms. The molecule has 13 heavy (non-hydrogen) atoms. The van der Waals surface area contributed by atoms with Gasteiger partial charge in [0.15, 0.2) is 5.84 Å². The molecule has 0 bridgehead atoms. The summed E-state index contributed by atoms with van der Waals surface area (Å²) in [5.74, 6) is -0.686. The van der Waals surface area contributed by atoms with Crippen LogP contribution < -0.4 is 11.5 Å². The first-order valence-electron chi connectivity index (χ1n) is 3.39. The first kappa shape index (κ1) is 8.98. The van der Waals surface area contributed by atoms with Gasteiger partial charge in [0, 0.05) is 6.20 Å². The molecule has 0 unspecified atom stereocenters. The van der Waals surface area contributed by atoms with Crippen LogP contribution in [0.15, 0.2) is 23.5 Å². The second-order valence-electron chi connectivity index (χ2n) is 2.28. The standard InChI is InChI=1S/C7H8N4O2/c8-6(11-13)5-2-1-4(3-10-5)7(9)12/h1-3,13H,(H2,8,11)(H2,9,12). The highest BCUT2D eigenvalue weighted by Crippen LogP contribution is 1.98. The normalized spacial score (nSPS) is 11.2. The summed E-state index contributed by atoms with van der Waals surface area (Å²) in [4.78, 5) is 14.4. The predicted molar refractivity (Wildman–Crippen MR) is 45.3 cm³/mol. The third-order valence-corrected chi connectivity index (χ3v) is 1.42. The fourth-order valence-corrected chi connectivity index (χ4v) is 0.742. The van der Waals surface area contributed by atoms with Crippen LogP contribution in [0.3, 0.4) is 0 Å². The second-order valence-corrected chi connectivity index (χ2v) is 2.28. The lowest BCUT2D eigenvalue weighted by atomic mass is 10.2. The maximum Gasteiger partial charge on any atom is 0.250 e. The number of nitrogens with zero attached hydrogens (tertiary/aromatic N) is 2. The molecule has 0 aliphatic heterocycles. The van der Waals surface area contributed by atoms with Gasteiger partial charge in [-0.3, -0.25) is 9.78 Å². The Labute approximate surface area is 73.9 Å². The van der Waals surface area contributed by atoms with Crippen LogP contribution >= 0.6 is 0 Å². The largest absolute Gasteiger partial charge is 0.409 e. The van der Waals surface area contributed by atoms with Crippen molar-refractivity contribution in [1.29, 1.82) is 0 Å². The summed E-state index contributed by atoms with van der Waals surface area (Å²) in [6.45, 7) is 0. The van der Waals surface area contributed by atoms with Crippen molar-refractivity contribution in [1.82, 2.24) is 4.98 Å². The van der Waals surface area contributed by atoms with E-state index >= 15 is 0 Å². The fraction of sp³-hybridized carbons (Fsp3) is 0. The number of aromatic nitrogens is 1. The summed E-state index contributed by atoms with van der Waals surface area (Å²) in [7, 11) is 0. The molecule has 1 amide bonds. The zero-order valence-corrected chi connectivity index (χ0v) is 6.64. The van der Waals surface area contributed by atoms with Gasteiger partial charge in [-0.15, -0.1) is 0 Å². The highest BCUT2D eigenvalue weighted by atomic mass is 16.4. The van der Waals surface area contributed by atoms with Gasteiger partial charge in [-0.1, -0.05) is 5.16 Å². The predicted octanol–water partition coefficient (Wildman–Crippen LogP) is -0.725. The van der Waals surface area contributed by atoms with E-state index in [1.165, 1.54) is 18.3 Å². The van der Waals surface area contributed by atoms with Crippen LogP contribution in [0.5, 0.6) is 0 Å². The number of amides is 1. The second kappa shape index (κ2) is 3.53. The van der Waals surface area contributed by atoms with Crippen molar-refractivity contribution in [2.45, 2.75) is 0 Å². The van der Waals surface area contributed by atoms with Gasteiger partial charge >= 0.3 is 0 Å². The van der Waals surface area contributed by atoms with Gasteiger partial charge in [-0.05, 0) is 12.1 Å². The van der Waals surface area contributed by atoms with E-state index in [-0.39, 0.29) is 17.1 Å². The number of nitrogens with two attached hydrogens (primary N) is 2. The molecule has 0 aromatic carbocycles. The Bertz CT molecular complexity index is 344. The number of hydrogen-bond acceptors (Lipinski definition) is 4. The average Bonchev–Trinajstić information content (AvgIpc) is 2.17. The van der Waals surface area contributed by atoms with Gasteiger partial charge in [-0.2, -0.15) is 0 Å². The van der Waals surface area contributed by atoms with E-state index in [1.807, 2.05) is 0 Å². The third kappa shape index (κ3) is 1.92. The summed E-state index contributed by atoms with van der Waals surface area (Å²) in [6.07, 6.45) is 1.26. The zero-order chi connectivity index (χ0) is 9.84. The molecular formula is C7H8N4O2. The zero-order valence-electron chi connectivity index (χ0n) is 6.64. The van der Waals surface area contributed by atoms with Crippen LogP contribution in [0.25, 0.3) is 0 Å². The van der Waals surface area contributed by atoms with Gasteiger partial charge < -0.3 is 16.7 Å². The summed E-state index contributed by atoms with van der Waals surface area (Å²) in [6, 6.07) is 2.89. The summed E-state index contributed by atoms with van der Waals surface area (Å²) >= 11 is 0. The maximum absolute atomic E-state index is 10.6. The maximum atomic E-state index is 10.6. The Kier molecular flexibility index (Phi) is 2.44. The highest BCUT2D eigenvalue weighted by Gasteiger charge is 2.03. The van der Waals surface area contributed by atoms with Crippen LogP contribution in [-0.2, 0) is 0 Å². The van der Waals surface area contributed by atoms with Gasteiger partial charge in [0.2, 0.25) is 5.91 Å². The van der Waals surface area contributed by atoms with Crippen molar-refractivity contribution in [3.05, 3.63) is 29.6 Å². The van der Waals surface area contributed by atoms with E-state index in [4.69, 9.17) is 16.7 Å². The minimum Gasteiger partial charge on any atom is -0.409 e. The van der Waals surface area contributed by atoms with Crippen molar-refractivity contribution >= 4 is 11.7 Å². The van der Waals surface area contributed by atoms with Crippen LogP contribution in [-0.4, -0.2) is 21.9 Å². The first-order chi connectivity index (χ1) is 6.15. The number of amidine groups is 1. The van der Waals surface area contributed by atoms with Gasteiger partial charge in [0.1, 0.15) is 5.69 Å². The molecule has 0 fully saturated rings. The number of carbonyl (C=O) groups is 1. The minimum atomic E-state index is -0.571.